The van der Waals surface area contributed by atoms with Crippen LogP contribution in [0.2, 0.25) is 0 Å². The van der Waals surface area contributed by atoms with E-state index in [1.54, 1.807) is 0 Å². The van der Waals surface area contributed by atoms with Gasteiger partial charge in [-0.05, 0) is 29.8 Å². The number of alkyl halides is 2. The molecule has 0 unspecified atom stereocenters. The Morgan fingerprint density at radius 3 is 2.95 bits per heavy atom. The van der Waals surface area contributed by atoms with Gasteiger partial charge in [0.1, 0.15) is 17.7 Å². The molecule has 110 valence electrons. The molecular weight excluding hydrogens is 334 g/mol. The number of pyridine rings is 1. The standard InChI is InChI=1S/C13H15BrF2N2O2/c1-13(2,11(15)16)12(19)18-3-4-20-10-8(7-18)5-17-6-9(10)14/h5-6,11H,3-4,7H2,1-2H3/i3D2,4D2. The fourth-order valence-corrected chi connectivity index (χ4v) is 2.05. The highest BCUT2D eigenvalue weighted by atomic mass is 79.9. The predicted molar refractivity (Wildman–Crippen MR) is 72.6 cm³/mol. The molecule has 2 heterocycles. The Labute approximate surface area is 129 Å². The first kappa shape index (κ1) is 10.5. The summed E-state index contributed by atoms with van der Waals surface area (Å²) < 4.78 is 63.6. The van der Waals surface area contributed by atoms with E-state index in [9.17, 15) is 13.6 Å². The average Bonchev–Trinajstić information content (AvgIpc) is 2.53. The van der Waals surface area contributed by atoms with Gasteiger partial charge >= 0.3 is 0 Å². The van der Waals surface area contributed by atoms with Crippen LogP contribution in [-0.2, 0) is 11.3 Å². The second-order valence-corrected chi connectivity index (χ2v) is 5.69. The van der Waals surface area contributed by atoms with Crippen molar-refractivity contribution in [3.63, 3.8) is 0 Å². The number of hydrogen-bond donors (Lipinski definition) is 0. The van der Waals surface area contributed by atoms with Crippen molar-refractivity contribution in [2.45, 2.75) is 26.8 Å². The number of carbonyl (C=O) groups excluding carboxylic acids is 1. The van der Waals surface area contributed by atoms with Crippen LogP contribution < -0.4 is 4.74 Å². The van der Waals surface area contributed by atoms with Gasteiger partial charge in [-0.2, -0.15) is 0 Å². The van der Waals surface area contributed by atoms with Gasteiger partial charge in [0, 0.05) is 18.0 Å². The molecule has 0 saturated carbocycles. The number of fused-ring (bicyclic) bond motifs is 1. The Hall–Kier alpha value is -1.24. The fraction of sp³-hybridized carbons (Fsp3) is 0.538. The second-order valence-electron chi connectivity index (χ2n) is 4.84. The third-order valence-corrected chi connectivity index (χ3v) is 3.50. The summed E-state index contributed by atoms with van der Waals surface area (Å²) in [6.07, 6.45) is -0.450. The highest BCUT2D eigenvalue weighted by Gasteiger charge is 2.41. The van der Waals surface area contributed by atoms with Crippen LogP contribution in [0.5, 0.6) is 5.75 Å². The first-order chi connectivity index (χ1) is 10.8. The molecule has 0 bridgehead atoms. The molecule has 0 N–H and O–H groups in total. The summed E-state index contributed by atoms with van der Waals surface area (Å²) in [5.41, 5.74) is -1.99. The molecule has 1 aromatic heterocycles. The van der Waals surface area contributed by atoms with Gasteiger partial charge in [-0.1, -0.05) is 0 Å². The molecule has 2 rings (SSSR count). The van der Waals surface area contributed by atoms with Gasteiger partial charge in [0.15, 0.2) is 0 Å². The Morgan fingerprint density at radius 2 is 2.30 bits per heavy atom. The Morgan fingerprint density at radius 1 is 1.60 bits per heavy atom. The summed E-state index contributed by atoms with van der Waals surface area (Å²) in [5.74, 6) is -1.24. The molecule has 7 heteroatoms. The lowest BCUT2D eigenvalue weighted by Gasteiger charge is -2.30. The Balaban J connectivity index is 2.60. The quantitative estimate of drug-likeness (QED) is 0.821. The van der Waals surface area contributed by atoms with Crippen molar-refractivity contribution in [2.24, 2.45) is 5.41 Å². The minimum Gasteiger partial charge on any atom is -0.490 e. The largest absolute Gasteiger partial charge is 0.490 e. The Kier molecular flexibility index (Phi) is 2.95. The minimum atomic E-state index is -3.05. The monoisotopic (exact) mass is 352 g/mol. The molecule has 1 aromatic rings. The van der Waals surface area contributed by atoms with Crippen LogP contribution in [0.15, 0.2) is 16.9 Å². The summed E-state index contributed by atoms with van der Waals surface area (Å²) in [6.45, 7) is -4.43. The molecule has 0 aromatic carbocycles. The van der Waals surface area contributed by atoms with E-state index >= 15 is 0 Å². The van der Waals surface area contributed by atoms with Crippen molar-refractivity contribution in [3.05, 3.63) is 22.4 Å². The highest BCUT2D eigenvalue weighted by molar-refractivity contribution is 9.10. The van der Waals surface area contributed by atoms with Crippen LogP contribution in [0.3, 0.4) is 0 Å². The second kappa shape index (κ2) is 5.63. The Bertz CT molecular complexity index is 673. The summed E-state index contributed by atoms with van der Waals surface area (Å²) in [4.78, 5) is 16.9. The molecule has 0 saturated heterocycles. The zero-order chi connectivity index (χ0) is 18.5. The van der Waals surface area contributed by atoms with Crippen molar-refractivity contribution in [3.8, 4) is 5.75 Å². The van der Waals surface area contributed by atoms with E-state index in [2.05, 4.69) is 20.9 Å². The maximum absolute atomic E-state index is 13.2. The number of hydrogen-bond acceptors (Lipinski definition) is 3. The molecule has 1 aliphatic rings. The molecule has 1 amide bonds. The lowest BCUT2D eigenvalue weighted by molar-refractivity contribution is -0.149. The first-order valence-corrected chi connectivity index (χ1v) is 6.53. The lowest BCUT2D eigenvalue weighted by Crippen LogP contribution is -2.45. The predicted octanol–water partition coefficient (Wildman–Crippen LogP) is 2.86. The van der Waals surface area contributed by atoms with E-state index in [1.807, 2.05) is 0 Å². The molecule has 0 radical (unpaired) electrons. The fourth-order valence-electron chi connectivity index (χ4n) is 1.59. The van der Waals surface area contributed by atoms with Gasteiger partial charge in [-0.25, -0.2) is 8.78 Å². The molecule has 0 spiro atoms. The maximum atomic E-state index is 13.2. The maximum Gasteiger partial charge on any atom is 0.252 e. The molecule has 1 aliphatic heterocycles. The van der Waals surface area contributed by atoms with Crippen LogP contribution in [-0.4, -0.2) is 35.3 Å². The number of halogens is 3. The van der Waals surface area contributed by atoms with E-state index < -0.39 is 37.3 Å². The van der Waals surface area contributed by atoms with Crippen LogP contribution in [0.25, 0.3) is 0 Å². The van der Waals surface area contributed by atoms with Crippen molar-refractivity contribution in [1.82, 2.24) is 9.88 Å². The number of nitrogens with zero attached hydrogens (tertiary/aromatic N) is 2. The van der Waals surface area contributed by atoms with E-state index in [0.717, 1.165) is 13.8 Å². The summed E-state index contributed by atoms with van der Waals surface area (Å²) in [6, 6.07) is 0. The highest BCUT2D eigenvalue weighted by Crippen LogP contribution is 2.33. The number of amides is 1. The molecule has 0 aliphatic carbocycles. The number of carbonyl (C=O) groups is 1. The van der Waals surface area contributed by atoms with Gasteiger partial charge in [0.05, 0.1) is 23.0 Å². The van der Waals surface area contributed by atoms with Crippen LogP contribution >= 0.6 is 15.9 Å². The third kappa shape index (κ3) is 2.77. The zero-order valence-corrected chi connectivity index (χ0v) is 12.4. The first-order valence-electron chi connectivity index (χ1n) is 7.74. The molecule has 0 fully saturated rings. The van der Waals surface area contributed by atoms with Gasteiger partial charge in [-0.3, -0.25) is 9.78 Å². The van der Waals surface area contributed by atoms with E-state index in [1.165, 1.54) is 12.4 Å². The number of aromatic nitrogens is 1. The smallest absolute Gasteiger partial charge is 0.252 e. The minimum absolute atomic E-state index is 0.0240. The summed E-state index contributed by atoms with van der Waals surface area (Å²) >= 11 is 3.13. The van der Waals surface area contributed by atoms with Crippen molar-refractivity contribution < 1.29 is 23.8 Å². The van der Waals surface area contributed by atoms with E-state index in [-0.39, 0.29) is 15.8 Å². The lowest BCUT2D eigenvalue weighted by atomic mass is 9.92. The number of ether oxygens (including phenoxy) is 1. The molecule has 20 heavy (non-hydrogen) atoms. The van der Waals surface area contributed by atoms with Gasteiger partial charge in [-0.15, -0.1) is 0 Å². The van der Waals surface area contributed by atoms with Crippen molar-refractivity contribution in [1.29, 1.82) is 0 Å². The van der Waals surface area contributed by atoms with Crippen molar-refractivity contribution in [2.75, 3.05) is 13.1 Å². The van der Waals surface area contributed by atoms with Gasteiger partial charge < -0.3 is 9.64 Å². The average molecular weight is 353 g/mol. The van der Waals surface area contributed by atoms with E-state index in [0.29, 0.717) is 4.90 Å². The normalized spacial score (nSPS) is 23.6. The molecule has 4 nitrogen and oxygen atoms in total. The van der Waals surface area contributed by atoms with Crippen LogP contribution in [0.1, 0.15) is 24.9 Å². The van der Waals surface area contributed by atoms with Crippen LogP contribution in [0.4, 0.5) is 8.78 Å². The third-order valence-electron chi connectivity index (χ3n) is 2.93. The number of rotatable bonds is 2. The SMILES string of the molecule is [2H]C1([2H])Oc2c(Br)cncc2CN(C(=O)C(C)(C)C(F)F)C1([2H])[2H]. The zero-order valence-electron chi connectivity index (χ0n) is 14.8. The van der Waals surface area contributed by atoms with Gasteiger partial charge in [0.2, 0.25) is 5.91 Å². The van der Waals surface area contributed by atoms with Crippen LogP contribution in [0, 0.1) is 5.41 Å². The van der Waals surface area contributed by atoms with E-state index in [4.69, 9.17) is 10.2 Å². The molecule has 0 atom stereocenters. The molecular formula is C13H15BrF2N2O2. The van der Waals surface area contributed by atoms with Gasteiger partial charge in [0.25, 0.3) is 6.43 Å². The van der Waals surface area contributed by atoms with Crippen molar-refractivity contribution >= 4 is 21.8 Å². The summed E-state index contributed by atoms with van der Waals surface area (Å²) in [7, 11) is 0. The summed E-state index contributed by atoms with van der Waals surface area (Å²) in [5, 5.41) is 0. The topological polar surface area (TPSA) is 42.4 Å².